The first-order valence-electron chi connectivity index (χ1n) is 3.97. The Balaban J connectivity index is 2.69. The second-order valence-corrected chi connectivity index (χ2v) is 3.53. The van der Waals surface area contributed by atoms with Crippen LogP contribution in [0.1, 0.15) is 26.7 Å². The van der Waals surface area contributed by atoms with Crippen molar-refractivity contribution in [3.05, 3.63) is 12.7 Å². The Morgan fingerprint density at radius 2 is 2.45 bits per heavy atom. The Labute approximate surface area is 68.6 Å². The van der Waals surface area contributed by atoms with Crippen LogP contribution in [0.5, 0.6) is 0 Å². The fourth-order valence-electron chi connectivity index (χ4n) is 1.59. The lowest BCUT2D eigenvalue weighted by Gasteiger charge is -2.30. The molecule has 0 amide bonds. The molecular weight excluding hydrogens is 136 g/mol. The van der Waals surface area contributed by atoms with Crippen LogP contribution >= 0.6 is 0 Å². The minimum absolute atomic E-state index is 0.186. The molecule has 62 valence electrons. The van der Waals surface area contributed by atoms with Gasteiger partial charge < -0.3 is 0 Å². The first kappa shape index (κ1) is 8.31. The monoisotopic (exact) mass is 152 g/mol. The molecule has 1 heterocycles. The van der Waals surface area contributed by atoms with Crippen molar-refractivity contribution in [3.8, 4) is 0 Å². The van der Waals surface area contributed by atoms with E-state index in [9.17, 15) is 0 Å². The molecule has 1 rings (SSSR count). The number of hydrazone groups is 1. The summed E-state index contributed by atoms with van der Waals surface area (Å²) in [5.41, 5.74) is 1.41. The smallest absolute Gasteiger partial charge is 0.0634 e. The van der Waals surface area contributed by atoms with Crippen LogP contribution in [0, 0.1) is 0 Å². The summed E-state index contributed by atoms with van der Waals surface area (Å²) < 4.78 is 0. The normalized spacial score (nSPS) is 30.5. The standard InChI is InChI=1S/C9H16N2/c1-5-6-9(3)7-8(2)10-11(9)4/h5H,1,6-7H2,2-4H3. The lowest BCUT2D eigenvalue weighted by molar-refractivity contribution is 0.176. The van der Waals surface area contributed by atoms with Gasteiger partial charge in [-0.2, -0.15) is 5.10 Å². The van der Waals surface area contributed by atoms with Crippen molar-refractivity contribution >= 4 is 5.71 Å². The van der Waals surface area contributed by atoms with E-state index < -0.39 is 0 Å². The van der Waals surface area contributed by atoms with Crippen LogP contribution in [0.15, 0.2) is 17.8 Å². The van der Waals surface area contributed by atoms with Gasteiger partial charge in [-0.3, -0.25) is 5.01 Å². The molecule has 0 aromatic heterocycles. The van der Waals surface area contributed by atoms with Gasteiger partial charge in [0.05, 0.1) is 5.54 Å². The van der Waals surface area contributed by atoms with E-state index in [4.69, 9.17) is 0 Å². The minimum atomic E-state index is 0.186. The zero-order chi connectivity index (χ0) is 8.48. The molecule has 0 saturated carbocycles. The second kappa shape index (κ2) is 2.68. The summed E-state index contributed by atoms with van der Waals surface area (Å²) in [5, 5.41) is 6.41. The quantitative estimate of drug-likeness (QED) is 0.553. The van der Waals surface area contributed by atoms with Crippen LogP contribution in [-0.2, 0) is 0 Å². The van der Waals surface area contributed by atoms with Crippen LogP contribution in [0.3, 0.4) is 0 Å². The second-order valence-electron chi connectivity index (χ2n) is 3.53. The van der Waals surface area contributed by atoms with Gasteiger partial charge in [0.1, 0.15) is 0 Å². The van der Waals surface area contributed by atoms with Gasteiger partial charge >= 0.3 is 0 Å². The summed E-state index contributed by atoms with van der Waals surface area (Å²) in [7, 11) is 2.03. The van der Waals surface area contributed by atoms with Gasteiger partial charge in [0, 0.05) is 19.2 Å². The van der Waals surface area contributed by atoms with Crippen molar-refractivity contribution in [2.45, 2.75) is 32.2 Å². The number of hydrogen-bond donors (Lipinski definition) is 0. The molecule has 0 N–H and O–H groups in total. The van der Waals surface area contributed by atoms with Crippen LogP contribution < -0.4 is 0 Å². The van der Waals surface area contributed by atoms with Crippen molar-refractivity contribution in [2.75, 3.05) is 7.05 Å². The molecule has 1 unspecified atom stereocenters. The van der Waals surface area contributed by atoms with E-state index in [-0.39, 0.29) is 5.54 Å². The van der Waals surface area contributed by atoms with E-state index in [2.05, 4.69) is 25.5 Å². The summed E-state index contributed by atoms with van der Waals surface area (Å²) in [6, 6.07) is 0. The first-order valence-corrected chi connectivity index (χ1v) is 3.97. The van der Waals surface area contributed by atoms with E-state index in [0.717, 1.165) is 12.8 Å². The van der Waals surface area contributed by atoms with Crippen molar-refractivity contribution in [1.29, 1.82) is 0 Å². The molecule has 0 saturated heterocycles. The molecule has 1 atom stereocenters. The highest BCUT2D eigenvalue weighted by molar-refractivity contribution is 5.84. The summed E-state index contributed by atoms with van der Waals surface area (Å²) in [6.45, 7) is 8.04. The highest BCUT2D eigenvalue weighted by Crippen LogP contribution is 2.28. The van der Waals surface area contributed by atoms with Crippen LogP contribution in [0.4, 0.5) is 0 Å². The Kier molecular flexibility index (Phi) is 2.03. The highest BCUT2D eigenvalue weighted by Gasteiger charge is 2.32. The number of rotatable bonds is 2. The van der Waals surface area contributed by atoms with Crippen molar-refractivity contribution in [3.63, 3.8) is 0 Å². The highest BCUT2D eigenvalue weighted by atomic mass is 15.5. The third kappa shape index (κ3) is 1.44. The predicted molar refractivity (Wildman–Crippen MR) is 48.7 cm³/mol. The van der Waals surface area contributed by atoms with Crippen LogP contribution in [-0.4, -0.2) is 23.3 Å². The number of nitrogens with zero attached hydrogens (tertiary/aromatic N) is 2. The topological polar surface area (TPSA) is 15.6 Å². The van der Waals surface area contributed by atoms with Crippen molar-refractivity contribution < 1.29 is 0 Å². The molecule has 0 aliphatic carbocycles. The van der Waals surface area contributed by atoms with Gasteiger partial charge in [0.2, 0.25) is 0 Å². The maximum atomic E-state index is 4.36. The number of hydrogen-bond acceptors (Lipinski definition) is 2. The fraction of sp³-hybridized carbons (Fsp3) is 0.667. The van der Waals surface area contributed by atoms with E-state index >= 15 is 0 Å². The van der Waals surface area contributed by atoms with Crippen molar-refractivity contribution in [2.24, 2.45) is 5.10 Å². The summed E-state index contributed by atoms with van der Waals surface area (Å²) in [5.74, 6) is 0. The van der Waals surface area contributed by atoms with Crippen molar-refractivity contribution in [1.82, 2.24) is 5.01 Å². The van der Waals surface area contributed by atoms with Gasteiger partial charge in [-0.1, -0.05) is 6.08 Å². The average molecular weight is 152 g/mol. The Morgan fingerprint density at radius 3 is 2.82 bits per heavy atom. The molecule has 0 aromatic carbocycles. The molecule has 11 heavy (non-hydrogen) atoms. The Hall–Kier alpha value is -0.790. The maximum Gasteiger partial charge on any atom is 0.0634 e. The molecular formula is C9H16N2. The van der Waals surface area contributed by atoms with E-state index in [1.807, 2.05) is 18.1 Å². The van der Waals surface area contributed by atoms with Crippen LogP contribution in [0.2, 0.25) is 0 Å². The molecule has 0 bridgehead atoms. The van der Waals surface area contributed by atoms with E-state index in [1.54, 1.807) is 0 Å². The largest absolute Gasteiger partial charge is 0.294 e. The first-order chi connectivity index (χ1) is 5.08. The molecule has 2 nitrogen and oxygen atoms in total. The summed E-state index contributed by atoms with van der Waals surface area (Å²) >= 11 is 0. The Bertz CT molecular complexity index is 196. The summed E-state index contributed by atoms with van der Waals surface area (Å²) in [4.78, 5) is 0. The SMILES string of the molecule is C=CCC1(C)CC(C)=NN1C. The van der Waals surface area contributed by atoms with Gasteiger partial charge in [-0.05, 0) is 20.3 Å². The van der Waals surface area contributed by atoms with Gasteiger partial charge in [-0.25, -0.2) is 0 Å². The summed E-state index contributed by atoms with van der Waals surface area (Å²) in [6.07, 6.45) is 4.03. The average Bonchev–Trinajstić information content (AvgIpc) is 2.08. The lowest BCUT2D eigenvalue weighted by Crippen LogP contribution is -2.36. The lowest BCUT2D eigenvalue weighted by atomic mass is 9.93. The molecule has 0 spiro atoms. The van der Waals surface area contributed by atoms with Gasteiger partial charge in [0.25, 0.3) is 0 Å². The Morgan fingerprint density at radius 1 is 1.82 bits per heavy atom. The molecule has 1 aliphatic heterocycles. The third-order valence-corrected chi connectivity index (χ3v) is 2.32. The van der Waals surface area contributed by atoms with E-state index in [0.29, 0.717) is 0 Å². The maximum absolute atomic E-state index is 4.36. The zero-order valence-corrected chi connectivity index (χ0v) is 7.59. The molecule has 0 fully saturated rings. The van der Waals surface area contributed by atoms with Crippen LogP contribution in [0.25, 0.3) is 0 Å². The molecule has 1 aliphatic rings. The molecule has 0 aromatic rings. The molecule has 2 heteroatoms. The predicted octanol–water partition coefficient (Wildman–Crippen LogP) is 2.03. The molecule has 0 radical (unpaired) electrons. The van der Waals surface area contributed by atoms with Gasteiger partial charge in [-0.15, -0.1) is 6.58 Å². The fourth-order valence-corrected chi connectivity index (χ4v) is 1.59. The zero-order valence-electron chi connectivity index (χ0n) is 7.59. The third-order valence-electron chi connectivity index (χ3n) is 2.32. The van der Waals surface area contributed by atoms with Gasteiger partial charge in [0.15, 0.2) is 0 Å². The van der Waals surface area contributed by atoms with E-state index in [1.165, 1.54) is 5.71 Å². The minimum Gasteiger partial charge on any atom is -0.294 e.